The van der Waals surface area contributed by atoms with Crippen LogP contribution in [-0.4, -0.2) is 35.4 Å². The average molecular weight is 505 g/mol. The number of hydrogen-bond donors (Lipinski definition) is 1. The zero-order valence-electron chi connectivity index (χ0n) is 22.1. The molecule has 0 bridgehead atoms. The maximum atomic E-state index is 14.7. The van der Waals surface area contributed by atoms with Gasteiger partial charge in [-0.2, -0.15) is 0 Å². The van der Waals surface area contributed by atoms with Crippen molar-refractivity contribution in [3.63, 3.8) is 0 Å². The Morgan fingerprint density at radius 3 is 2.19 bits per heavy atom. The highest BCUT2D eigenvalue weighted by molar-refractivity contribution is 5.88. The predicted molar refractivity (Wildman–Crippen MR) is 145 cm³/mol. The standard InChI is InChI=1S/C31H37FN2O3/c1-5-23(4)33-31(36)29(19-24-11-7-6-8-12-24)34(20-26-13-9-10-14-28(26)32)30(35)21-37-27-17-15-25(16-18-27)22(2)3/h6-18,22-23,29H,5,19-21H2,1-4H3,(H,33,36)/t23-,29+/m1/s1. The van der Waals surface area contributed by atoms with Crippen molar-refractivity contribution in [3.8, 4) is 5.75 Å². The van der Waals surface area contributed by atoms with E-state index in [0.29, 0.717) is 23.7 Å². The molecule has 0 fully saturated rings. The highest BCUT2D eigenvalue weighted by atomic mass is 19.1. The molecule has 2 atom stereocenters. The molecule has 0 aliphatic heterocycles. The third-order valence-electron chi connectivity index (χ3n) is 6.48. The lowest BCUT2D eigenvalue weighted by molar-refractivity contribution is -0.143. The summed E-state index contributed by atoms with van der Waals surface area (Å²) in [7, 11) is 0. The maximum Gasteiger partial charge on any atom is 0.261 e. The number of halogens is 1. The smallest absolute Gasteiger partial charge is 0.261 e. The topological polar surface area (TPSA) is 58.6 Å². The van der Waals surface area contributed by atoms with E-state index in [9.17, 15) is 14.0 Å². The molecular formula is C31H37FN2O3. The van der Waals surface area contributed by atoms with E-state index in [-0.39, 0.29) is 25.1 Å². The van der Waals surface area contributed by atoms with E-state index in [1.165, 1.54) is 16.5 Å². The Balaban J connectivity index is 1.90. The molecule has 37 heavy (non-hydrogen) atoms. The molecule has 5 nitrogen and oxygen atoms in total. The molecule has 0 spiro atoms. The zero-order chi connectivity index (χ0) is 26.8. The van der Waals surface area contributed by atoms with Crippen LogP contribution in [-0.2, 0) is 22.6 Å². The fraction of sp³-hybridized carbons (Fsp3) is 0.355. The molecule has 0 aliphatic rings. The van der Waals surface area contributed by atoms with Crippen LogP contribution in [0.15, 0.2) is 78.9 Å². The summed E-state index contributed by atoms with van der Waals surface area (Å²) in [5, 5.41) is 3.01. The summed E-state index contributed by atoms with van der Waals surface area (Å²) in [6.45, 7) is 7.81. The van der Waals surface area contributed by atoms with E-state index < -0.39 is 17.8 Å². The van der Waals surface area contributed by atoms with Gasteiger partial charge < -0.3 is 15.0 Å². The summed E-state index contributed by atoms with van der Waals surface area (Å²) in [5.41, 5.74) is 2.42. The molecule has 1 N–H and O–H groups in total. The number of benzene rings is 3. The van der Waals surface area contributed by atoms with Crippen LogP contribution in [0.25, 0.3) is 0 Å². The molecule has 196 valence electrons. The summed E-state index contributed by atoms with van der Waals surface area (Å²) >= 11 is 0. The number of nitrogens with zero attached hydrogens (tertiary/aromatic N) is 1. The van der Waals surface area contributed by atoms with Crippen molar-refractivity contribution in [2.75, 3.05) is 6.61 Å². The van der Waals surface area contributed by atoms with Crippen molar-refractivity contribution in [3.05, 3.63) is 101 Å². The van der Waals surface area contributed by atoms with E-state index in [0.717, 1.165) is 12.0 Å². The lowest BCUT2D eigenvalue weighted by atomic mass is 10.0. The first-order valence-electron chi connectivity index (χ1n) is 12.9. The third kappa shape index (κ3) is 8.17. The molecule has 0 aromatic heterocycles. The van der Waals surface area contributed by atoms with Crippen molar-refractivity contribution in [1.82, 2.24) is 10.2 Å². The number of nitrogens with one attached hydrogen (secondary N) is 1. The van der Waals surface area contributed by atoms with Crippen LogP contribution in [0.3, 0.4) is 0 Å². The fourth-order valence-corrected chi connectivity index (χ4v) is 3.98. The van der Waals surface area contributed by atoms with Crippen LogP contribution >= 0.6 is 0 Å². The molecule has 2 amide bonds. The summed E-state index contributed by atoms with van der Waals surface area (Å²) in [5.74, 6) is -0.145. The van der Waals surface area contributed by atoms with Gasteiger partial charge in [0, 0.05) is 24.6 Å². The van der Waals surface area contributed by atoms with Crippen molar-refractivity contribution >= 4 is 11.8 Å². The maximum absolute atomic E-state index is 14.7. The monoisotopic (exact) mass is 504 g/mol. The minimum Gasteiger partial charge on any atom is -0.484 e. The molecule has 3 rings (SSSR count). The van der Waals surface area contributed by atoms with Gasteiger partial charge in [-0.15, -0.1) is 0 Å². The molecule has 3 aromatic carbocycles. The Kier molecular flexibility index (Phi) is 10.2. The van der Waals surface area contributed by atoms with Gasteiger partial charge in [0.05, 0.1) is 0 Å². The number of amides is 2. The second kappa shape index (κ2) is 13.6. The SMILES string of the molecule is CC[C@@H](C)NC(=O)[C@H](Cc1ccccc1)N(Cc1ccccc1F)C(=O)COc1ccc(C(C)C)cc1. The summed E-state index contributed by atoms with van der Waals surface area (Å²) in [4.78, 5) is 28.5. The van der Waals surface area contributed by atoms with Crippen LogP contribution in [0.4, 0.5) is 4.39 Å². The van der Waals surface area contributed by atoms with Gasteiger partial charge in [-0.1, -0.05) is 81.4 Å². The van der Waals surface area contributed by atoms with Gasteiger partial charge in [-0.3, -0.25) is 9.59 Å². The highest BCUT2D eigenvalue weighted by Crippen LogP contribution is 2.20. The minimum atomic E-state index is -0.838. The van der Waals surface area contributed by atoms with Crippen LogP contribution in [0.2, 0.25) is 0 Å². The van der Waals surface area contributed by atoms with Crippen LogP contribution in [0, 0.1) is 5.82 Å². The van der Waals surface area contributed by atoms with Crippen LogP contribution in [0.1, 0.15) is 56.7 Å². The third-order valence-corrected chi connectivity index (χ3v) is 6.48. The number of carbonyl (C=O) groups excluding carboxylic acids is 2. The van der Waals surface area contributed by atoms with Gasteiger partial charge in [-0.25, -0.2) is 4.39 Å². The predicted octanol–water partition coefficient (Wildman–Crippen LogP) is 5.88. The Labute approximate surface area is 219 Å². The van der Waals surface area contributed by atoms with E-state index in [4.69, 9.17) is 4.74 Å². The molecular weight excluding hydrogens is 467 g/mol. The number of rotatable bonds is 12. The van der Waals surface area contributed by atoms with Gasteiger partial charge in [-0.05, 0) is 48.6 Å². The van der Waals surface area contributed by atoms with E-state index in [1.54, 1.807) is 18.2 Å². The first-order valence-corrected chi connectivity index (χ1v) is 12.9. The molecule has 0 heterocycles. The number of carbonyl (C=O) groups is 2. The van der Waals surface area contributed by atoms with Gasteiger partial charge in [0.25, 0.3) is 5.91 Å². The Morgan fingerprint density at radius 2 is 1.57 bits per heavy atom. The first kappa shape index (κ1) is 27.9. The minimum absolute atomic E-state index is 0.0490. The second-order valence-corrected chi connectivity index (χ2v) is 9.65. The van der Waals surface area contributed by atoms with Gasteiger partial charge in [0.15, 0.2) is 6.61 Å². The normalized spacial score (nSPS) is 12.6. The van der Waals surface area contributed by atoms with E-state index in [1.807, 2.05) is 68.4 Å². The van der Waals surface area contributed by atoms with Crippen molar-refractivity contribution < 1.29 is 18.7 Å². The summed E-state index contributed by atoms with van der Waals surface area (Å²) < 4.78 is 20.5. The van der Waals surface area contributed by atoms with Crippen molar-refractivity contribution in [1.29, 1.82) is 0 Å². The highest BCUT2D eigenvalue weighted by Gasteiger charge is 2.31. The lowest BCUT2D eigenvalue weighted by Gasteiger charge is -2.32. The lowest BCUT2D eigenvalue weighted by Crippen LogP contribution is -2.53. The fourth-order valence-electron chi connectivity index (χ4n) is 3.98. The molecule has 3 aromatic rings. The van der Waals surface area contributed by atoms with Gasteiger partial charge >= 0.3 is 0 Å². The molecule has 0 saturated heterocycles. The van der Waals surface area contributed by atoms with Gasteiger partial charge in [0.2, 0.25) is 5.91 Å². The zero-order valence-corrected chi connectivity index (χ0v) is 22.1. The Bertz CT molecular complexity index is 1150. The van der Waals surface area contributed by atoms with Crippen LogP contribution < -0.4 is 10.1 Å². The average Bonchev–Trinajstić information content (AvgIpc) is 2.90. The Morgan fingerprint density at radius 1 is 0.919 bits per heavy atom. The summed E-state index contributed by atoms with van der Waals surface area (Å²) in [6, 6.07) is 22.6. The molecule has 0 saturated carbocycles. The second-order valence-electron chi connectivity index (χ2n) is 9.65. The van der Waals surface area contributed by atoms with E-state index in [2.05, 4.69) is 19.2 Å². The van der Waals surface area contributed by atoms with Crippen molar-refractivity contribution in [2.45, 2.75) is 65.1 Å². The van der Waals surface area contributed by atoms with E-state index >= 15 is 0 Å². The largest absolute Gasteiger partial charge is 0.484 e. The quantitative estimate of drug-likeness (QED) is 0.335. The molecule has 0 unspecified atom stereocenters. The molecule has 0 aliphatic carbocycles. The summed E-state index contributed by atoms with van der Waals surface area (Å²) in [6.07, 6.45) is 1.05. The first-order chi connectivity index (χ1) is 17.8. The number of ether oxygens (including phenoxy) is 1. The number of hydrogen-bond acceptors (Lipinski definition) is 3. The Hall–Kier alpha value is -3.67. The molecule has 6 heteroatoms. The van der Waals surface area contributed by atoms with Crippen LogP contribution in [0.5, 0.6) is 5.75 Å². The molecule has 0 radical (unpaired) electrons. The van der Waals surface area contributed by atoms with Crippen molar-refractivity contribution in [2.24, 2.45) is 0 Å². The van der Waals surface area contributed by atoms with Gasteiger partial charge in [0.1, 0.15) is 17.6 Å².